The highest BCUT2D eigenvalue weighted by Gasteiger charge is 2.24. The minimum atomic E-state index is 0.0912. The van der Waals surface area contributed by atoms with Gasteiger partial charge in [0.15, 0.2) is 0 Å². The van der Waals surface area contributed by atoms with Crippen LogP contribution in [-0.2, 0) is 16.1 Å². The lowest BCUT2D eigenvalue weighted by atomic mass is 10.1. The summed E-state index contributed by atoms with van der Waals surface area (Å²) in [5.41, 5.74) is 0.894. The van der Waals surface area contributed by atoms with Gasteiger partial charge in [0.1, 0.15) is 5.76 Å². The van der Waals surface area contributed by atoms with Gasteiger partial charge in [0.2, 0.25) is 5.91 Å². The Hall–Kier alpha value is -2.11. The summed E-state index contributed by atoms with van der Waals surface area (Å²) in [7, 11) is 1.76. The summed E-state index contributed by atoms with van der Waals surface area (Å²) in [6, 6.07) is 13.5. The van der Waals surface area contributed by atoms with Crippen LogP contribution in [0.2, 0.25) is 0 Å². The van der Waals surface area contributed by atoms with Gasteiger partial charge in [-0.05, 0) is 37.1 Å². The molecular formula is C19H24N2O3. The Morgan fingerprint density at radius 3 is 2.58 bits per heavy atom. The van der Waals surface area contributed by atoms with E-state index in [1.54, 1.807) is 18.3 Å². The molecule has 5 heteroatoms. The van der Waals surface area contributed by atoms with Crippen molar-refractivity contribution in [3.8, 4) is 0 Å². The van der Waals surface area contributed by atoms with Gasteiger partial charge in [-0.15, -0.1) is 0 Å². The minimum Gasteiger partial charge on any atom is -0.467 e. The summed E-state index contributed by atoms with van der Waals surface area (Å²) >= 11 is 0. The maximum Gasteiger partial charge on any atom is 0.241 e. The zero-order valence-electron chi connectivity index (χ0n) is 14.1. The third-order valence-electron chi connectivity index (χ3n) is 4.49. The fourth-order valence-electron chi connectivity index (χ4n) is 3.07. The van der Waals surface area contributed by atoms with Crippen molar-refractivity contribution in [2.45, 2.75) is 25.5 Å². The monoisotopic (exact) mass is 328 g/mol. The molecule has 2 heterocycles. The molecule has 1 aromatic heterocycles. The molecule has 0 bridgehead atoms. The average Bonchev–Trinajstić information content (AvgIpc) is 3.14. The number of para-hydroxylation sites is 1. The highest BCUT2D eigenvalue weighted by Crippen LogP contribution is 2.19. The van der Waals surface area contributed by atoms with Crippen LogP contribution in [0.3, 0.4) is 0 Å². The first kappa shape index (κ1) is 16.7. The van der Waals surface area contributed by atoms with Crippen molar-refractivity contribution >= 4 is 11.6 Å². The van der Waals surface area contributed by atoms with Gasteiger partial charge in [-0.3, -0.25) is 9.69 Å². The van der Waals surface area contributed by atoms with Gasteiger partial charge in [0, 0.05) is 25.9 Å². The topological polar surface area (TPSA) is 45.9 Å². The second kappa shape index (κ2) is 8.13. The molecule has 1 aliphatic heterocycles. The molecule has 2 aromatic rings. The van der Waals surface area contributed by atoms with E-state index in [1.807, 2.05) is 42.5 Å². The second-order valence-electron chi connectivity index (χ2n) is 6.11. The SMILES string of the molecule is COC1CCN(CC(=O)N(Cc2ccco2)c2ccccc2)CC1. The molecule has 128 valence electrons. The molecule has 5 nitrogen and oxygen atoms in total. The van der Waals surface area contributed by atoms with Crippen molar-refractivity contribution in [2.75, 3.05) is 31.6 Å². The zero-order valence-corrected chi connectivity index (χ0v) is 14.1. The van der Waals surface area contributed by atoms with E-state index in [0.717, 1.165) is 37.4 Å². The summed E-state index contributed by atoms with van der Waals surface area (Å²) in [6.07, 6.45) is 3.92. The van der Waals surface area contributed by atoms with Crippen molar-refractivity contribution < 1.29 is 13.9 Å². The van der Waals surface area contributed by atoms with Crippen LogP contribution in [0, 0.1) is 0 Å². The maximum atomic E-state index is 12.9. The third-order valence-corrected chi connectivity index (χ3v) is 4.49. The number of furan rings is 1. The number of methoxy groups -OCH3 is 1. The van der Waals surface area contributed by atoms with Crippen molar-refractivity contribution in [3.05, 3.63) is 54.5 Å². The number of piperidine rings is 1. The van der Waals surface area contributed by atoms with Crippen LogP contribution in [0.5, 0.6) is 0 Å². The highest BCUT2D eigenvalue weighted by molar-refractivity contribution is 5.94. The molecule has 0 unspecified atom stereocenters. The Labute approximate surface area is 142 Å². The number of rotatable bonds is 6. The Morgan fingerprint density at radius 1 is 1.21 bits per heavy atom. The molecule has 1 aliphatic rings. The standard InChI is InChI=1S/C19H24N2O3/c1-23-17-9-11-20(12-10-17)15-19(22)21(14-18-8-5-13-24-18)16-6-3-2-4-7-16/h2-8,13,17H,9-12,14-15H2,1H3. The largest absolute Gasteiger partial charge is 0.467 e. The van der Waals surface area contributed by atoms with E-state index >= 15 is 0 Å². The molecule has 0 saturated carbocycles. The van der Waals surface area contributed by atoms with E-state index in [9.17, 15) is 4.79 Å². The van der Waals surface area contributed by atoms with Crippen molar-refractivity contribution in [1.29, 1.82) is 0 Å². The summed E-state index contributed by atoms with van der Waals surface area (Å²) in [6.45, 7) is 2.66. The number of ether oxygens (including phenoxy) is 1. The van der Waals surface area contributed by atoms with E-state index < -0.39 is 0 Å². The molecule has 0 spiro atoms. The van der Waals surface area contributed by atoms with Gasteiger partial charge in [-0.25, -0.2) is 0 Å². The van der Waals surface area contributed by atoms with Gasteiger partial charge < -0.3 is 14.1 Å². The summed E-state index contributed by atoms with van der Waals surface area (Å²) in [5, 5.41) is 0. The predicted octanol–water partition coefficient (Wildman–Crippen LogP) is 2.92. The molecule has 24 heavy (non-hydrogen) atoms. The van der Waals surface area contributed by atoms with E-state index in [2.05, 4.69) is 4.90 Å². The lowest BCUT2D eigenvalue weighted by molar-refractivity contribution is -0.120. The van der Waals surface area contributed by atoms with Crippen LogP contribution in [-0.4, -0.2) is 43.7 Å². The fourth-order valence-corrected chi connectivity index (χ4v) is 3.07. The van der Waals surface area contributed by atoms with Crippen LogP contribution >= 0.6 is 0 Å². The first-order valence-corrected chi connectivity index (χ1v) is 8.39. The maximum absolute atomic E-state index is 12.9. The average molecular weight is 328 g/mol. The predicted molar refractivity (Wildman–Crippen MR) is 92.8 cm³/mol. The van der Waals surface area contributed by atoms with Crippen LogP contribution in [0.4, 0.5) is 5.69 Å². The quantitative estimate of drug-likeness (QED) is 0.818. The van der Waals surface area contributed by atoms with E-state index in [0.29, 0.717) is 19.2 Å². The molecule has 0 N–H and O–H groups in total. The van der Waals surface area contributed by atoms with Crippen molar-refractivity contribution in [2.24, 2.45) is 0 Å². The molecular weight excluding hydrogens is 304 g/mol. The Morgan fingerprint density at radius 2 is 1.96 bits per heavy atom. The molecule has 0 radical (unpaired) electrons. The van der Waals surface area contributed by atoms with Crippen LogP contribution < -0.4 is 4.90 Å². The first-order valence-electron chi connectivity index (χ1n) is 8.39. The first-order chi connectivity index (χ1) is 11.8. The molecule has 1 saturated heterocycles. The molecule has 1 aromatic carbocycles. The number of carbonyl (C=O) groups is 1. The van der Waals surface area contributed by atoms with Crippen LogP contribution in [0.25, 0.3) is 0 Å². The summed E-state index contributed by atoms with van der Waals surface area (Å²) in [5.74, 6) is 0.874. The van der Waals surface area contributed by atoms with Gasteiger partial charge in [-0.2, -0.15) is 0 Å². The van der Waals surface area contributed by atoms with Crippen molar-refractivity contribution in [3.63, 3.8) is 0 Å². The Bertz CT molecular complexity index is 619. The van der Waals surface area contributed by atoms with Crippen LogP contribution in [0.15, 0.2) is 53.1 Å². The van der Waals surface area contributed by atoms with E-state index in [1.165, 1.54) is 0 Å². The Kier molecular flexibility index (Phi) is 5.67. The minimum absolute atomic E-state index is 0.0912. The number of likely N-dealkylation sites (tertiary alicyclic amines) is 1. The second-order valence-corrected chi connectivity index (χ2v) is 6.11. The van der Waals surface area contributed by atoms with E-state index in [4.69, 9.17) is 9.15 Å². The number of nitrogens with zero attached hydrogens (tertiary/aromatic N) is 2. The van der Waals surface area contributed by atoms with Crippen LogP contribution in [0.1, 0.15) is 18.6 Å². The number of benzene rings is 1. The lowest BCUT2D eigenvalue weighted by Crippen LogP contribution is -2.44. The van der Waals surface area contributed by atoms with Gasteiger partial charge in [0.05, 0.1) is 25.5 Å². The number of hydrogen-bond donors (Lipinski definition) is 0. The molecule has 1 amide bonds. The number of anilines is 1. The molecule has 0 aliphatic carbocycles. The molecule has 3 rings (SSSR count). The summed E-state index contributed by atoms with van der Waals surface area (Å²) < 4.78 is 10.8. The number of hydrogen-bond acceptors (Lipinski definition) is 4. The summed E-state index contributed by atoms with van der Waals surface area (Å²) in [4.78, 5) is 16.9. The van der Waals surface area contributed by atoms with E-state index in [-0.39, 0.29) is 5.91 Å². The molecule has 0 atom stereocenters. The number of amides is 1. The number of carbonyl (C=O) groups excluding carboxylic acids is 1. The van der Waals surface area contributed by atoms with Gasteiger partial charge >= 0.3 is 0 Å². The van der Waals surface area contributed by atoms with Crippen molar-refractivity contribution in [1.82, 2.24) is 4.90 Å². The third kappa shape index (κ3) is 4.24. The smallest absolute Gasteiger partial charge is 0.241 e. The Balaban J connectivity index is 1.67. The van der Waals surface area contributed by atoms with Gasteiger partial charge in [-0.1, -0.05) is 18.2 Å². The fraction of sp³-hybridized carbons (Fsp3) is 0.421. The lowest BCUT2D eigenvalue weighted by Gasteiger charge is -2.32. The highest BCUT2D eigenvalue weighted by atomic mass is 16.5. The van der Waals surface area contributed by atoms with Gasteiger partial charge in [0.25, 0.3) is 0 Å². The normalized spacial score (nSPS) is 16.2. The zero-order chi connectivity index (χ0) is 16.8. The molecule has 1 fully saturated rings.